The molecule has 6 rings (SSSR count). The molecule has 2 heteroatoms. The van der Waals surface area contributed by atoms with Crippen molar-refractivity contribution in [2.75, 3.05) is 0 Å². The molecule has 3 aromatic carbocycles. The molecule has 0 saturated carbocycles. The summed E-state index contributed by atoms with van der Waals surface area (Å²) in [5.74, 6) is 1.09. The highest BCUT2D eigenvalue weighted by molar-refractivity contribution is 5.98. The molecule has 0 bridgehead atoms. The van der Waals surface area contributed by atoms with Crippen LogP contribution in [0, 0.1) is 6.92 Å². The predicted molar refractivity (Wildman–Crippen MR) is 136 cm³/mol. The first-order chi connectivity index (χ1) is 15.7. The van der Waals surface area contributed by atoms with E-state index in [2.05, 4.69) is 119 Å². The maximum atomic E-state index is 6.96. The van der Waals surface area contributed by atoms with Gasteiger partial charge >= 0.3 is 0 Å². The third-order valence-electron chi connectivity index (χ3n) is 7.80. The van der Waals surface area contributed by atoms with Crippen LogP contribution in [0.1, 0.15) is 55.7 Å². The predicted octanol–water partition coefficient (Wildman–Crippen LogP) is 7.35. The van der Waals surface area contributed by atoms with Crippen LogP contribution in [0.4, 0.5) is 0 Å². The third-order valence-corrected chi connectivity index (χ3v) is 7.80. The zero-order chi connectivity index (χ0) is 23.1. The van der Waals surface area contributed by atoms with E-state index in [1.54, 1.807) is 0 Å². The average Bonchev–Trinajstić information content (AvgIpc) is 3.20. The fourth-order valence-electron chi connectivity index (χ4n) is 6.14. The van der Waals surface area contributed by atoms with Crippen LogP contribution in [-0.4, -0.2) is 0 Å². The van der Waals surface area contributed by atoms with E-state index in [0.29, 0.717) is 0 Å². The molecular weight excluding hydrogens is 402 g/mol. The van der Waals surface area contributed by atoms with Crippen molar-refractivity contribution in [3.63, 3.8) is 0 Å². The van der Waals surface area contributed by atoms with E-state index in [1.807, 2.05) is 0 Å². The lowest BCUT2D eigenvalue weighted by molar-refractivity contribution is -0.660. The lowest BCUT2D eigenvalue weighted by Gasteiger charge is -2.41. The Morgan fingerprint density at radius 2 is 1.48 bits per heavy atom. The Hall–Kier alpha value is -3.39. The van der Waals surface area contributed by atoms with Gasteiger partial charge in [0.25, 0.3) is 0 Å². The maximum absolute atomic E-state index is 6.96. The highest BCUT2D eigenvalue weighted by Crippen LogP contribution is 2.55. The number of aromatic nitrogens is 1. The van der Waals surface area contributed by atoms with Crippen LogP contribution in [0.25, 0.3) is 33.0 Å². The van der Waals surface area contributed by atoms with E-state index in [0.717, 1.165) is 11.3 Å². The van der Waals surface area contributed by atoms with Crippen molar-refractivity contribution >= 4 is 21.7 Å². The Balaban J connectivity index is 1.76. The van der Waals surface area contributed by atoms with Gasteiger partial charge in [-0.25, -0.2) is 4.57 Å². The Bertz CT molecular complexity index is 1580. The van der Waals surface area contributed by atoms with Crippen LogP contribution in [0.5, 0.6) is 0 Å². The molecule has 0 spiro atoms. The first kappa shape index (κ1) is 20.2. The number of fused-ring (bicyclic) bond motifs is 6. The Kier molecular flexibility index (Phi) is 4.03. The summed E-state index contributed by atoms with van der Waals surface area (Å²) in [5.41, 5.74) is 8.29. The molecule has 1 aliphatic carbocycles. The van der Waals surface area contributed by atoms with Gasteiger partial charge in [-0.05, 0) is 54.3 Å². The zero-order valence-corrected chi connectivity index (χ0v) is 20.3. The Labute approximate surface area is 195 Å². The lowest BCUT2D eigenvalue weighted by atomic mass is 9.61. The lowest BCUT2D eigenvalue weighted by Crippen LogP contribution is -2.35. The van der Waals surface area contributed by atoms with Gasteiger partial charge in [0.2, 0.25) is 5.69 Å². The number of rotatable bonds is 1. The molecule has 5 aromatic rings. The van der Waals surface area contributed by atoms with Crippen LogP contribution >= 0.6 is 0 Å². The summed E-state index contributed by atoms with van der Waals surface area (Å²) < 4.78 is 9.14. The quantitative estimate of drug-likeness (QED) is 0.253. The Morgan fingerprint density at radius 3 is 2.27 bits per heavy atom. The number of aryl methyl sites for hydroxylation is 2. The van der Waals surface area contributed by atoms with Crippen LogP contribution < -0.4 is 4.57 Å². The third kappa shape index (κ3) is 2.58. The number of furan rings is 1. The standard InChI is InChI=1S/C31H30NO/c1-19-14-16-22-27-29(33-28(22)25(19)24-13-9-10-18-32(24)6)31(4,5)26-21-12-8-7-11-20(21)15-17-23(26)30(27,2)3/h7-18H,1-6H3/q+1. The molecule has 0 N–H and O–H groups in total. The van der Waals surface area contributed by atoms with Crippen LogP contribution in [0.15, 0.2) is 77.3 Å². The first-order valence-electron chi connectivity index (χ1n) is 11.8. The van der Waals surface area contributed by atoms with E-state index in [1.165, 1.54) is 49.7 Å². The van der Waals surface area contributed by atoms with Gasteiger partial charge in [-0.15, -0.1) is 0 Å². The molecular formula is C31H30NO+. The molecule has 33 heavy (non-hydrogen) atoms. The van der Waals surface area contributed by atoms with Gasteiger partial charge in [0.1, 0.15) is 18.4 Å². The van der Waals surface area contributed by atoms with E-state index in [4.69, 9.17) is 4.42 Å². The van der Waals surface area contributed by atoms with Crippen molar-refractivity contribution in [2.45, 2.75) is 45.4 Å². The van der Waals surface area contributed by atoms with Crippen molar-refractivity contribution < 1.29 is 8.98 Å². The van der Waals surface area contributed by atoms with Gasteiger partial charge in [-0.1, -0.05) is 62.4 Å². The first-order valence-corrected chi connectivity index (χ1v) is 11.8. The molecule has 164 valence electrons. The van der Waals surface area contributed by atoms with Crippen LogP contribution in [-0.2, 0) is 17.9 Å². The number of hydrogen-bond donors (Lipinski definition) is 0. The van der Waals surface area contributed by atoms with Gasteiger partial charge in [0.05, 0.1) is 5.56 Å². The minimum Gasteiger partial charge on any atom is -0.459 e. The van der Waals surface area contributed by atoms with Gasteiger partial charge in [-0.3, -0.25) is 0 Å². The minimum atomic E-state index is -0.246. The summed E-state index contributed by atoms with van der Waals surface area (Å²) in [7, 11) is 2.10. The fraction of sp³-hybridized carbons (Fsp3) is 0.258. The molecule has 2 nitrogen and oxygen atoms in total. The molecule has 2 heterocycles. The van der Waals surface area contributed by atoms with Gasteiger partial charge < -0.3 is 4.42 Å². The zero-order valence-electron chi connectivity index (χ0n) is 20.3. The summed E-state index contributed by atoms with van der Waals surface area (Å²) in [6, 6.07) is 24.2. The van der Waals surface area contributed by atoms with Crippen LogP contribution in [0.3, 0.4) is 0 Å². The van der Waals surface area contributed by atoms with E-state index < -0.39 is 0 Å². The molecule has 0 aliphatic heterocycles. The summed E-state index contributed by atoms with van der Waals surface area (Å²) in [4.78, 5) is 0. The number of benzene rings is 3. The number of hydrogen-bond acceptors (Lipinski definition) is 1. The van der Waals surface area contributed by atoms with Crippen molar-refractivity contribution in [3.8, 4) is 11.3 Å². The second kappa shape index (κ2) is 6.57. The molecule has 0 atom stereocenters. The highest BCUT2D eigenvalue weighted by Gasteiger charge is 2.47. The monoisotopic (exact) mass is 432 g/mol. The smallest absolute Gasteiger partial charge is 0.216 e. The number of pyridine rings is 1. The summed E-state index contributed by atoms with van der Waals surface area (Å²) in [5, 5.41) is 3.84. The van der Waals surface area contributed by atoms with E-state index >= 15 is 0 Å². The minimum absolute atomic E-state index is 0.166. The normalized spacial score (nSPS) is 16.1. The van der Waals surface area contributed by atoms with Crippen molar-refractivity contribution in [2.24, 2.45) is 7.05 Å². The average molecular weight is 433 g/mol. The molecule has 2 aromatic heterocycles. The summed E-state index contributed by atoms with van der Waals surface area (Å²) >= 11 is 0. The van der Waals surface area contributed by atoms with Crippen molar-refractivity contribution in [1.29, 1.82) is 0 Å². The second-order valence-electron chi connectivity index (χ2n) is 10.6. The molecule has 0 fully saturated rings. The van der Waals surface area contributed by atoms with Gasteiger partial charge in [0, 0.05) is 33.9 Å². The SMILES string of the molecule is Cc1ccc2c3c(oc2c1-c1cccc[n+]1C)C(C)(C)c1c(ccc2ccccc12)C3(C)C. The topological polar surface area (TPSA) is 17.0 Å². The Morgan fingerprint density at radius 1 is 0.727 bits per heavy atom. The molecule has 0 saturated heterocycles. The number of nitrogens with zero attached hydrogens (tertiary/aromatic N) is 1. The van der Waals surface area contributed by atoms with Crippen LogP contribution in [0.2, 0.25) is 0 Å². The summed E-state index contributed by atoms with van der Waals surface area (Å²) in [6.07, 6.45) is 2.10. The highest BCUT2D eigenvalue weighted by atomic mass is 16.3. The molecule has 0 unspecified atom stereocenters. The molecule has 0 amide bonds. The second-order valence-corrected chi connectivity index (χ2v) is 10.6. The maximum Gasteiger partial charge on any atom is 0.216 e. The van der Waals surface area contributed by atoms with Gasteiger partial charge in [0.15, 0.2) is 6.20 Å². The van der Waals surface area contributed by atoms with E-state index in [-0.39, 0.29) is 10.8 Å². The largest absolute Gasteiger partial charge is 0.459 e. The molecule has 1 aliphatic rings. The summed E-state index contributed by atoms with van der Waals surface area (Å²) in [6.45, 7) is 11.5. The fourth-order valence-corrected chi connectivity index (χ4v) is 6.14. The van der Waals surface area contributed by atoms with Crippen molar-refractivity contribution in [3.05, 3.63) is 101 Å². The van der Waals surface area contributed by atoms with Crippen molar-refractivity contribution in [1.82, 2.24) is 0 Å². The van der Waals surface area contributed by atoms with Gasteiger partial charge in [-0.2, -0.15) is 0 Å². The van der Waals surface area contributed by atoms with E-state index in [9.17, 15) is 0 Å². The molecule has 0 radical (unpaired) electrons.